The molecule has 18 heavy (non-hydrogen) atoms. The highest BCUT2D eigenvalue weighted by Gasteiger charge is 2.40. The Hall–Kier alpha value is -1.06. The number of nitrogens with one attached hydrogen (secondary N) is 1. The maximum Gasteiger partial charge on any atom is 0.118 e. The average Bonchev–Trinajstić information content (AvgIpc) is 2.37. The van der Waals surface area contributed by atoms with E-state index in [1.807, 2.05) is 12.1 Å². The number of benzene rings is 1. The molecule has 1 fully saturated rings. The number of piperidine rings is 1. The molecule has 1 unspecified atom stereocenters. The predicted octanol–water partition coefficient (Wildman–Crippen LogP) is 2.09. The SMILES string of the molecule is COc1ccc(C2(CO)CCNC(C)(C)C2)cc1. The van der Waals surface area contributed by atoms with E-state index in [-0.39, 0.29) is 17.6 Å². The van der Waals surface area contributed by atoms with Crippen LogP contribution in [0.15, 0.2) is 24.3 Å². The van der Waals surface area contributed by atoms with Crippen LogP contribution in [0.25, 0.3) is 0 Å². The van der Waals surface area contributed by atoms with Crippen LogP contribution < -0.4 is 10.1 Å². The van der Waals surface area contributed by atoms with Crippen LogP contribution in [0, 0.1) is 0 Å². The molecule has 0 aliphatic carbocycles. The number of ether oxygens (including phenoxy) is 1. The molecule has 1 heterocycles. The third kappa shape index (κ3) is 2.52. The van der Waals surface area contributed by atoms with Crippen molar-refractivity contribution in [1.82, 2.24) is 5.32 Å². The summed E-state index contributed by atoms with van der Waals surface area (Å²) in [5.74, 6) is 0.861. The van der Waals surface area contributed by atoms with Crippen molar-refractivity contribution in [3.63, 3.8) is 0 Å². The number of hydrogen-bond donors (Lipinski definition) is 2. The lowest BCUT2D eigenvalue weighted by molar-refractivity contribution is 0.112. The molecule has 3 heteroatoms. The molecular formula is C15H23NO2. The molecule has 1 aromatic rings. The highest BCUT2D eigenvalue weighted by Crippen LogP contribution is 2.39. The lowest BCUT2D eigenvalue weighted by atomic mass is 9.68. The van der Waals surface area contributed by atoms with Crippen LogP contribution >= 0.6 is 0 Å². The van der Waals surface area contributed by atoms with Crippen molar-refractivity contribution in [2.24, 2.45) is 0 Å². The Morgan fingerprint density at radius 1 is 1.28 bits per heavy atom. The second kappa shape index (κ2) is 4.90. The summed E-state index contributed by atoms with van der Waals surface area (Å²) in [5, 5.41) is 13.4. The molecule has 1 aliphatic rings. The first kappa shape index (κ1) is 13.4. The summed E-state index contributed by atoms with van der Waals surface area (Å²) in [6.45, 7) is 5.53. The molecular weight excluding hydrogens is 226 g/mol. The topological polar surface area (TPSA) is 41.5 Å². The highest BCUT2D eigenvalue weighted by molar-refractivity contribution is 5.33. The molecule has 0 amide bonds. The Balaban J connectivity index is 2.30. The lowest BCUT2D eigenvalue weighted by Crippen LogP contribution is -2.53. The van der Waals surface area contributed by atoms with Crippen molar-refractivity contribution < 1.29 is 9.84 Å². The van der Waals surface area contributed by atoms with Crippen molar-refractivity contribution in [2.45, 2.75) is 37.6 Å². The minimum absolute atomic E-state index is 0.0703. The quantitative estimate of drug-likeness (QED) is 0.862. The van der Waals surface area contributed by atoms with E-state index in [1.165, 1.54) is 5.56 Å². The van der Waals surface area contributed by atoms with E-state index in [0.717, 1.165) is 25.1 Å². The highest BCUT2D eigenvalue weighted by atomic mass is 16.5. The molecule has 2 N–H and O–H groups in total. The molecule has 0 spiro atoms. The van der Waals surface area contributed by atoms with Gasteiger partial charge in [-0.1, -0.05) is 12.1 Å². The van der Waals surface area contributed by atoms with Crippen LogP contribution in [0.1, 0.15) is 32.3 Å². The van der Waals surface area contributed by atoms with Gasteiger partial charge in [0.15, 0.2) is 0 Å². The van der Waals surface area contributed by atoms with E-state index in [1.54, 1.807) is 7.11 Å². The summed E-state index contributed by atoms with van der Waals surface area (Å²) in [4.78, 5) is 0. The second-order valence-corrected chi connectivity index (χ2v) is 5.90. The molecule has 2 rings (SSSR count). The van der Waals surface area contributed by atoms with Crippen LogP contribution in [0.4, 0.5) is 0 Å². The summed E-state index contributed by atoms with van der Waals surface area (Å²) in [5.41, 5.74) is 1.16. The zero-order valence-corrected chi connectivity index (χ0v) is 11.5. The molecule has 1 atom stereocenters. The fourth-order valence-corrected chi connectivity index (χ4v) is 3.05. The van der Waals surface area contributed by atoms with Crippen molar-refractivity contribution in [1.29, 1.82) is 0 Å². The number of rotatable bonds is 3. The van der Waals surface area contributed by atoms with E-state index in [4.69, 9.17) is 4.74 Å². The number of aliphatic hydroxyl groups excluding tert-OH is 1. The minimum atomic E-state index is -0.124. The van der Waals surface area contributed by atoms with Gasteiger partial charge in [-0.25, -0.2) is 0 Å². The Morgan fingerprint density at radius 2 is 1.94 bits per heavy atom. The second-order valence-electron chi connectivity index (χ2n) is 5.90. The van der Waals surface area contributed by atoms with Crippen molar-refractivity contribution in [2.75, 3.05) is 20.3 Å². The maximum absolute atomic E-state index is 9.89. The van der Waals surface area contributed by atoms with Gasteiger partial charge in [0.1, 0.15) is 5.75 Å². The molecule has 1 aliphatic heterocycles. The van der Waals surface area contributed by atoms with E-state index >= 15 is 0 Å². The van der Waals surface area contributed by atoms with Gasteiger partial charge in [-0.15, -0.1) is 0 Å². The summed E-state index contributed by atoms with van der Waals surface area (Å²) in [6.07, 6.45) is 1.92. The smallest absolute Gasteiger partial charge is 0.118 e. The van der Waals surface area contributed by atoms with Gasteiger partial charge in [-0.2, -0.15) is 0 Å². The Morgan fingerprint density at radius 3 is 2.44 bits per heavy atom. The predicted molar refractivity (Wildman–Crippen MR) is 73.1 cm³/mol. The van der Waals surface area contributed by atoms with E-state index in [0.29, 0.717) is 0 Å². The fraction of sp³-hybridized carbons (Fsp3) is 0.600. The van der Waals surface area contributed by atoms with E-state index in [9.17, 15) is 5.11 Å². The fourth-order valence-electron chi connectivity index (χ4n) is 3.05. The number of hydrogen-bond acceptors (Lipinski definition) is 3. The molecule has 3 nitrogen and oxygen atoms in total. The van der Waals surface area contributed by atoms with Crippen LogP contribution in [0.2, 0.25) is 0 Å². The van der Waals surface area contributed by atoms with Gasteiger partial charge < -0.3 is 15.2 Å². The first-order valence-electron chi connectivity index (χ1n) is 6.52. The summed E-state index contributed by atoms with van der Waals surface area (Å²) in [7, 11) is 1.67. The summed E-state index contributed by atoms with van der Waals surface area (Å²) < 4.78 is 5.19. The molecule has 100 valence electrons. The standard InChI is InChI=1S/C15H23NO2/c1-14(2)10-15(11-17,8-9-16-14)12-4-6-13(18-3)7-5-12/h4-7,16-17H,8-11H2,1-3H3. The van der Waals surface area contributed by atoms with Gasteiger partial charge in [-0.05, 0) is 50.9 Å². The molecule has 1 saturated heterocycles. The first-order chi connectivity index (χ1) is 8.51. The van der Waals surface area contributed by atoms with Crippen molar-refractivity contribution in [3.05, 3.63) is 29.8 Å². The van der Waals surface area contributed by atoms with Crippen molar-refractivity contribution >= 4 is 0 Å². The van der Waals surface area contributed by atoms with E-state index in [2.05, 4.69) is 31.3 Å². The van der Waals surface area contributed by atoms with Crippen molar-refractivity contribution in [3.8, 4) is 5.75 Å². The normalized spacial score (nSPS) is 26.9. The summed E-state index contributed by atoms with van der Waals surface area (Å²) >= 11 is 0. The van der Waals surface area contributed by atoms with Crippen LogP contribution in [0.5, 0.6) is 5.75 Å². The van der Waals surface area contributed by atoms with E-state index < -0.39 is 0 Å². The van der Waals surface area contributed by atoms with Crippen LogP contribution in [0.3, 0.4) is 0 Å². The third-order valence-corrected chi connectivity index (χ3v) is 3.99. The van der Waals surface area contributed by atoms with Gasteiger partial charge in [0.25, 0.3) is 0 Å². The van der Waals surface area contributed by atoms with Gasteiger partial charge in [0.05, 0.1) is 13.7 Å². The molecule has 1 aromatic carbocycles. The van der Waals surface area contributed by atoms with Gasteiger partial charge in [0.2, 0.25) is 0 Å². The number of methoxy groups -OCH3 is 1. The Labute approximate surface area is 109 Å². The monoisotopic (exact) mass is 249 g/mol. The molecule has 0 aromatic heterocycles. The zero-order valence-electron chi connectivity index (χ0n) is 11.5. The average molecular weight is 249 g/mol. The largest absolute Gasteiger partial charge is 0.497 e. The summed E-state index contributed by atoms with van der Waals surface area (Å²) in [6, 6.07) is 8.11. The Bertz CT molecular complexity index is 399. The third-order valence-electron chi connectivity index (χ3n) is 3.99. The Kier molecular flexibility index (Phi) is 3.64. The first-order valence-corrected chi connectivity index (χ1v) is 6.52. The number of aliphatic hydroxyl groups is 1. The minimum Gasteiger partial charge on any atom is -0.497 e. The molecule has 0 saturated carbocycles. The maximum atomic E-state index is 9.89. The van der Waals surface area contributed by atoms with Gasteiger partial charge in [0, 0.05) is 11.0 Å². The zero-order chi connectivity index (χ0) is 13.2. The molecule has 0 radical (unpaired) electrons. The van der Waals surface area contributed by atoms with Gasteiger partial charge in [-0.3, -0.25) is 0 Å². The van der Waals surface area contributed by atoms with Crippen LogP contribution in [-0.2, 0) is 5.41 Å². The van der Waals surface area contributed by atoms with Gasteiger partial charge >= 0.3 is 0 Å². The molecule has 0 bridgehead atoms. The van der Waals surface area contributed by atoms with Crippen LogP contribution in [-0.4, -0.2) is 30.9 Å². The lowest BCUT2D eigenvalue weighted by Gasteiger charge is -2.45.